The number of nitrogens with zero attached hydrogens (tertiary/aromatic N) is 4. The van der Waals surface area contributed by atoms with Crippen LogP contribution in [0.1, 0.15) is 23.0 Å². The normalized spacial score (nSPS) is 17.6. The Bertz CT molecular complexity index is 1100. The molecule has 12 heteroatoms. The van der Waals surface area contributed by atoms with Crippen molar-refractivity contribution in [2.45, 2.75) is 19.3 Å². The van der Waals surface area contributed by atoms with Gasteiger partial charge in [-0.15, -0.1) is 8.78 Å². The van der Waals surface area contributed by atoms with Crippen LogP contribution in [0, 0.1) is 0 Å². The van der Waals surface area contributed by atoms with E-state index < -0.39 is 12.4 Å². The number of amides is 2. The van der Waals surface area contributed by atoms with Crippen molar-refractivity contribution in [3.63, 3.8) is 0 Å². The van der Waals surface area contributed by atoms with Crippen molar-refractivity contribution in [2.75, 3.05) is 32.8 Å². The van der Waals surface area contributed by atoms with E-state index >= 15 is 0 Å². The third-order valence-electron chi connectivity index (χ3n) is 5.06. The van der Waals surface area contributed by atoms with Crippen molar-refractivity contribution in [3.05, 3.63) is 47.9 Å². The van der Waals surface area contributed by atoms with Gasteiger partial charge in [-0.25, -0.2) is 9.97 Å². The van der Waals surface area contributed by atoms with E-state index in [4.69, 9.17) is 4.74 Å². The van der Waals surface area contributed by atoms with Crippen LogP contribution in [-0.4, -0.2) is 81.9 Å². The smallest absolute Gasteiger partial charge is 0.475 e. The first-order chi connectivity index (χ1) is 16.2. The van der Waals surface area contributed by atoms with Gasteiger partial charge in [0.1, 0.15) is 18.6 Å². The minimum atomic E-state index is -3.70. The van der Waals surface area contributed by atoms with Gasteiger partial charge in [-0.2, -0.15) is 0 Å². The largest absolute Gasteiger partial charge is 0.586 e. The first-order valence-corrected chi connectivity index (χ1v) is 10.5. The molecule has 1 aromatic heterocycles. The van der Waals surface area contributed by atoms with Crippen molar-refractivity contribution in [1.29, 1.82) is 0 Å². The Balaban J connectivity index is 1.30. The molecule has 1 aromatic carbocycles. The molecular weight excluding hydrogens is 454 g/mol. The topological polar surface area (TPSA) is 114 Å². The predicted molar refractivity (Wildman–Crippen MR) is 113 cm³/mol. The van der Waals surface area contributed by atoms with E-state index in [-0.39, 0.29) is 41.5 Å². The quantitative estimate of drug-likeness (QED) is 0.625. The highest BCUT2D eigenvalue weighted by Crippen LogP contribution is 2.41. The second-order valence-corrected chi connectivity index (χ2v) is 7.73. The minimum absolute atomic E-state index is 0.0394. The minimum Gasteiger partial charge on any atom is -0.475 e. The Morgan fingerprint density at radius 2 is 1.85 bits per heavy atom. The molecule has 0 saturated carbocycles. The van der Waals surface area contributed by atoms with Crippen LogP contribution in [0.2, 0.25) is 0 Å². The van der Waals surface area contributed by atoms with Crippen molar-refractivity contribution in [3.8, 4) is 17.4 Å². The molecule has 180 valence electrons. The van der Waals surface area contributed by atoms with Gasteiger partial charge in [0, 0.05) is 38.3 Å². The Morgan fingerprint density at radius 3 is 2.59 bits per heavy atom. The Kier molecular flexibility index (Phi) is 6.59. The van der Waals surface area contributed by atoms with Gasteiger partial charge in [-0.05, 0) is 30.7 Å². The van der Waals surface area contributed by atoms with Crippen LogP contribution >= 0.6 is 0 Å². The number of halogens is 2. The molecule has 4 rings (SSSR count). The summed E-state index contributed by atoms with van der Waals surface area (Å²) in [6, 6.07) is 5.65. The van der Waals surface area contributed by atoms with Crippen molar-refractivity contribution in [1.82, 2.24) is 19.8 Å². The van der Waals surface area contributed by atoms with Crippen LogP contribution in [0.3, 0.4) is 0 Å². The first-order valence-electron chi connectivity index (χ1n) is 10.5. The van der Waals surface area contributed by atoms with Gasteiger partial charge in [-0.3, -0.25) is 9.59 Å². The van der Waals surface area contributed by atoms with E-state index in [2.05, 4.69) is 19.4 Å². The molecule has 3 heterocycles. The van der Waals surface area contributed by atoms with E-state index in [1.165, 1.54) is 42.7 Å². The fraction of sp³-hybridized carbons (Fsp3) is 0.364. The van der Waals surface area contributed by atoms with Gasteiger partial charge >= 0.3 is 6.29 Å². The van der Waals surface area contributed by atoms with Crippen molar-refractivity contribution >= 4 is 17.9 Å². The Morgan fingerprint density at radius 1 is 1.15 bits per heavy atom. The zero-order valence-corrected chi connectivity index (χ0v) is 18.2. The number of rotatable bonds is 6. The van der Waals surface area contributed by atoms with E-state index in [9.17, 15) is 23.5 Å². The van der Waals surface area contributed by atoms with Crippen LogP contribution in [0.25, 0.3) is 6.08 Å². The van der Waals surface area contributed by atoms with Crippen LogP contribution in [0.4, 0.5) is 8.78 Å². The first kappa shape index (κ1) is 23.4. The molecule has 1 fully saturated rings. The molecule has 1 N–H and O–H groups in total. The summed E-state index contributed by atoms with van der Waals surface area (Å²) in [6.07, 6.45) is -0.329. The van der Waals surface area contributed by atoms with Gasteiger partial charge in [0.2, 0.25) is 11.8 Å². The summed E-state index contributed by atoms with van der Waals surface area (Å²) in [7, 11) is 0. The lowest BCUT2D eigenvalue weighted by Gasteiger charge is -2.34. The molecule has 0 radical (unpaired) electrons. The molecule has 1 atom stereocenters. The van der Waals surface area contributed by atoms with E-state index in [1.807, 2.05) is 0 Å². The molecule has 2 aliphatic rings. The zero-order valence-electron chi connectivity index (χ0n) is 18.2. The average molecular weight is 476 g/mol. The summed E-state index contributed by atoms with van der Waals surface area (Å²) in [5.41, 5.74) is 0.656. The maximum atomic E-state index is 13.1. The maximum absolute atomic E-state index is 13.1. The monoisotopic (exact) mass is 476 g/mol. The Hall–Kier alpha value is -3.80. The number of benzene rings is 1. The highest BCUT2D eigenvalue weighted by atomic mass is 19.3. The number of hydrogen-bond acceptors (Lipinski definition) is 8. The van der Waals surface area contributed by atoms with Crippen molar-refractivity contribution < 1.29 is 37.7 Å². The summed E-state index contributed by atoms with van der Waals surface area (Å²) in [5.74, 6) is -0.573. The van der Waals surface area contributed by atoms with Gasteiger partial charge in [-0.1, -0.05) is 6.07 Å². The molecule has 2 aliphatic heterocycles. The van der Waals surface area contributed by atoms with E-state index in [1.54, 1.807) is 16.7 Å². The lowest BCUT2D eigenvalue weighted by Crippen LogP contribution is -2.50. The molecule has 0 bridgehead atoms. The molecule has 0 aliphatic carbocycles. The number of ether oxygens (including phenoxy) is 3. The molecule has 34 heavy (non-hydrogen) atoms. The second-order valence-electron chi connectivity index (χ2n) is 7.73. The van der Waals surface area contributed by atoms with Gasteiger partial charge in [0.05, 0.1) is 6.10 Å². The van der Waals surface area contributed by atoms with Crippen LogP contribution in [-0.2, 0) is 4.79 Å². The highest BCUT2D eigenvalue weighted by Gasteiger charge is 2.43. The van der Waals surface area contributed by atoms with Gasteiger partial charge in [0.25, 0.3) is 5.91 Å². The predicted octanol–water partition coefficient (Wildman–Crippen LogP) is 1.56. The average Bonchev–Trinajstić information content (AvgIpc) is 3.14. The molecule has 0 unspecified atom stereocenters. The van der Waals surface area contributed by atoms with Gasteiger partial charge < -0.3 is 29.1 Å². The summed E-state index contributed by atoms with van der Waals surface area (Å²) < 4.78 is 40.3. The molecule has 10 nitrogen and oxygen atoms in total. The molecule has 2 amide bonds. The van der Waals surface area contributed by atoms with E-state index in [0.29, 0.717) is 31.7 Å². The standard InChI is InChI=1S/C22H22F2N4O6/c1-14(29)12-32-19-11-16(25-13-26-19)21(31)28-8-6-27(7-9-28)20(30)5-3-15-2-4-17-18(10-15)34-22(23,24)33-17/h2-5,10-11,13-14,29H,6-9,12H2,1H3/b5-3+/t14-/m0/s1. The lowest BCUT2D eigenvalue weighted by atomic mass is 10.2. The maximum Gasteiger partial charge on any atom is 0.586 e. The number of aliphatic hydroxyl groups is 1. The molecular formula is C22H22F2N4O6. The van der Waals surface area contributed by atoms with Crippen LogP contribution < -0.4 is 14.2 Å². The number of aliphatic hydroxyl groups excluding tert-OH is 1. The third-order valence-corrected chi connectivity index (χ3v) is 5.06. The summed E-state index contributed by atoms with van der Waals surface area (Å²) in [4.78, 5) is 36.3. The fourth-order valence-electron chi connectivity index (χ4n) is 3.38. The Labute approximate surface area is 193 Å². The number of aromatic nitrogens is 2. The number of hydrogen-bond donors (Lipinski definition) is 1. The lowest BCUT2D eigenvalue weighted by molar-refractivity contribution is -0.286. The SMILES string of the molecule is C[C@H](O)COc1cc(C(=O)N2CCN(C(=O)/C=C/c3ccc4c(c3)OC(F)(F)O4)CC2)ncn1. The number of carbonyl (C=O) groups excluding carboxylic acids is 2. The second kappa shape index (κ2) is 9.59. The number of alkyl halides is 2. The highest BCUT2D eigenvalue weighted by molar-refractivity contribution is 5.94. The van der Waals surface area contributed by atoms with Crippen LogP contribution in [0.15, 0.2) is 36.7 Å². The number of fused-ring (bicyclic) bond motifs is 1. The van der Waals surface area contributed by atoms with Gasteiger partial charge in [0.15, 0.2) is 11.5 Å². The van der Waals surface area contributed by atoms with E-state index in [0.717, 1.165) is 0 Å². The number of piperazine rings is 1. The molecule has 2 aromatic rings. The third kappa shape index (κ3) is 5.57. The zero-order chi connectivity index (χ0) is 24.3. The molecule has 1 saturated heterocycles. The summed E-state index contributed by atoms with van der Waals surface area (Å²) in [5, 5.41) is 9.31. The summed E-state index contributed by atoms with van der Waals surface area (Å²) in [6.45, 7) is 2.87. The summed E-state index contributed by atoms with van der Waals surface area (Å²) >= 11 is 0. The van der Waals surface area contributed by atoms with Crippen molar-refractivity contribution in [2.24, 2.45) is 0 Å². The fourth-order valence-corrected chi connectivity index (χ4v) is 3.38. The number of carbonyl (C=O) groups is 2. The van der Waals surface area contributed by atoms with Crippen LogP contribution in [0.5, 0.6) is 17.4 Å². The molecule has 0 spiro atoms.